The highest BCUT2D eigenvalue weighted by atomic mass is 19.1. The van der Waals surface area contributed by atoms with Gasteiger partial charge >= 0.3 is 5.97 Å². The number of benzene rings is 2. The van der Waals surface area contributed by atoms with E-state index in [2.05, 4.69) is 46.7 Å². The van der Waals surface area contributed by atoms with Gasteiger partial charge in [-0.15, -0.1) is 0 Å². The molecule has 44 heavy (non-hydrogen) atoms. The Morgan fingerprint density at radius 3 is 2.36 bits per heavy atom. The van der Waals surface area contributed by atoms with Crippen LogP contribution in [0.1, 0.15) is 88.6 Å². The average molecular weight is 601 g/mol. The standard InChI is InChI=1S/C36H45FN4O3/c1-3-44-34(43)36(14-7-15-36)33(42)39-19-16-35(17-20-39,26-8-6-9-27(37)22-26)18-21-40-28-12-13-29(40)24-30(23-28)41-25(2)38-31-10-4-5-11-32(31)41/h4-6,8-11,22,28-30H,3,7,12-21,23-24H2,1-2H3/t28-,29+,30+. The van der Waals surface area contributed by atoms with Crippen molar-refractivity contribution >= 4 is 22.9 Å². The summed E-state index contributed by atoms with van der Waals surface area (Å²) in [5.41, 5.74) is 2.14. The molecule has 4 fully saturated rings. The highest BCUT2D eigenvalue weighted by Crippen LogP contribution is 2.47. The van der Waals surface area contributed by atoms with Crippen molar-refractivity contribution in [2.45, 2.75) is 102 Å². The Balaban J connectivity index is 1.07. The smallest absolute Gasteiger partial charge is 0.321 e. The lowest BCUT2D eigenvalue weighted by atomic mass is 9.66. The van der Waals surface area contributed by atoms with Crippen LogP contribution in [0.4, 0.5) is 4.39 Å². The summed E-state index contributed by atoms with van der Waals surface area (Å²) in [7, 11) is 0. The lowest BCUT2D eigenvalue weighted by Gasteiger charge is -2.48. The van der Waals surface area contributed by atoms with Crippen LogP contribution in [0.2, 0.25) is 0 Å². The van der Waals surface area contributed by atoms with E-state index in [9.17, 15) is 14.0 Å². The minimum absolute atomic E-state index is 0.0718. The van der Waals surface area contributed by atoms with E-state index < -0.39 is 5.41 Å². The lowest BCUT2D eigenvalue weighted by molar-refractivity contribution is -0.172. The first-order chi connectivity index (χ1) is 21.3. The van der Waals surface area contributed by atoms with Crippen LogP contribution in [-0.2, 0) is 19.7 Å². The van der Waals surface area contributed by atoms with Crippen molar-refractivity contribution in [1.29, 1.82) is 0 Å². The third-order valence-electron chi connectivity index (χ3n) is 11.6. The zero-order valence-corrected chi connectivity index (χ0v) is 26.1. The number of imidazole rings is 1. The zero-order valence-electron chi connectivity index (χ0n) is 26.1. The highest BCUT2D eigenvalue weighted by molar-refractivity contribution is 6.03. The topological polar surface area (TPSA) is 67.7 Å². The van der Waals surface area contributed by atoms with Gasteiger partial charge in [-0.3, -0.25) is 14.5 Å². The molecular weight excluding hydrogens is 555 g/mol. The lowest BCUT2D eigenvalue weighted by Crippen LogP contribution is -2.56. The first kappa shape index (κ1) is 29.5. The van der Waals surface area contributed by atoms with E-state index in [0.29, 0.717) is 44.1 Å². The largest absolute Gasteiger partial charge is 0.465 e. The number of hydrogen-bond donors (Lipinski definition) is 0. The van der Waals surface area contributed by atoms with Crippen molar-refractivity contribution in [1.82, 2.24) is 19.4 Å². The van der Waals surface area contributed by atoms with Crippen LogP contribution < -0.4 is 0 Å². The van der Waals surface area contributed by atoms with Crippen molar-refractivity contribution in [2.24, 2.45) is 5.41 Å². The van der Waals surface area contributed by atoms with Crippen LogP contribution in [0, 0.1) is 18.2 Å². The fraction of sp³-hybridized carbons (Fsp3) is 0.583. The molecular formula is C36H45FN4O3. The van der Waals surface area contributed by atoms with Gasteiger partial charge in [0.25, 0.3) is 0 Å². The van der Waals surface area contributed by atoms with Gasteiger partial charge in [0.2, 0.25) is 5.91 Å². The Morgan fingerprint density at radius 1 is 0.977 bits per heavy atom. The van der Waals surface area contributed by atoms with Crippen molar-refractivity contribution in [3.63, 3.8) is 0 Å². The molecule has 1 aliphatic carbocycles. The van der Waals surface area contributed by atoms with Crippen LogP contribution >= 0.6 is 0 Å². The summed E-state index contributed by atoms with van der Waals surface area (Å²) in [6.45, 7) is 6.35. The predicted molar refractivity (Wildman–Crippen MR) is 168 cm³/mol. The maximum atomic E-state index is 14.6. The molecule has 4 heterocycles. The Bertz CT molecular complexity index is 1530. The number of likely N-dealkylation sites (tertiary alicyclic amines) is 1. The SMILES string of the molecule is CCOC(=O)C1(C(=O)N2CCC(CCN3[C@@H]4CC[C@H]3C[C@@H](n3c(C)nc5ccccc53)C4)(c3cccc(F)c3)CC2)CCC1. The minimum Gasteiger partial charge on any atom is -0.465 e. The van der Waals surface area contributed by atoms with Gasteiger partial charge in [-0.25, -0.2) is 9.37 Å². The number of para-hydroxylation sites is 2. The summed E-state index contributed by atoms with van der Waals surface area (Å²) in [6, 6.07) is 17.1. The van der Waals surface area contributed by atoms with Gasteiger partial charge in [-0.1, -0.05) is 30.7 Å². The number of ether oxygens (including phenoxy) is 1. The number of amides is 1. The number of nitrogens with zero attached hydrogens (tertiary/aromatic N) is 4. The quantitative estimate of drug-likeness (QED) is 0.223. The fourth-order valence-corrected chi connectivity index (χ4v) is 9.04. The van der Waals surface area contributed by atoms with Crippen LogP contribution in [0.25, 0.3) is 11.0 Å². The molecule has 3 saturated heterocycles. The van der Waals surface area contributed by atoms with Crippen molar-refractivity contribution in [3.05, 3.63) is 65.7 Å². The van der Waals surface area contributed by atoms with Gasteiger partial charge in [0.1, 0.15) is 17.1 Å². The van der Waals surface area contributed by atoms with Gasteiger partial charge in [-0.2, -0.15) is 0 Å². The van der Waals surface area contributed by atoms with Crippen LogP contribution in [0.15, 0.2) is 48.5 Å². The Labute approximate surface area is 259 Å². The second-order valence-corrected chi connectivity index (χ2v) is 13.8. The van der Waals surface area contributed by atoms with Gasteiger partial charge in [-0.05, 0) is 113 Å². The molecule has 0 radical (unpaired) electrons. The number of rotatable bonds is 8. The third kappa shape index (κ3) is 4.93. The number of piperidine rings is 2. The van der Waals surface area contributed by atoms with Crippen LogP contribution in [0.5, 0.6) is 0 Å². The van der Waals surface area contributed by atoms with E-state index in [1.165, 1.54) is 24.4 Å². The molecule has 3 aliphatic heterocycles. The van der Waals surface area contributed by atoms with E-state index in [1.807, 2.05) is 11.0 Å². The molecule has 3 atom stereocenters. The van der Waals surface area contributed by atoms with E-state index in [1.54, 1.807) is 13.0 Å². The van der Waals surface area contributed by atoms with E-state index in [4.69, 9.17) is 9.72 Å². The van der Waals surface area contributed by atoms with Crippen LogP contribution in [-0.4, -0.2) is 69.6 Å². The van der Waals surface area contributed by atoms with E-state index in [0.717, 1.165) is 62.0 Å². The van der Waals surface area contributed by atoms with Gasteiger partial charge in [0, 0.05) is 31.2 Å². The van der Waals surface area contributed by atoms with Crippen molar-refractivity contribution < 1.29 is 18.7 Å². The molecule has 3 aromatic rings. The molecule has 1 saturated carbocycles. The molecule has 0 unspecified atom stereocenters. The number of aryl methyl sites for hydroxylation is 1. The molecule has 234 valence electrons. The fourth-order valence-electron chi connectivity index (χ4n) is 9.04. The zero-order chi connectivity index (χ0) is 30.5. The first-order valence-corrected chi connectivity index (χ1v) is 16.8. The summed E-state index contributed by atoms with van der Waals surface area (Å²) < 4.78 is 22.4. The summed E-state index contributed by atoms with van der Waals surface area (Å²) in [4.78, 5) is 36.0. The summed E-state index contributed by atoms with van der Waals surface area (Å²) in [6.07, 6.45) is 9.20. The molecule has 8 heteroatoms. The molecule has 2 aromatic carbocycles. The molecule has 4 aliphatic rings. The monoisotopic (exact) mass is 600 g/mol. The minimum atomic E-state index is -1.00. The van der Waals surface area contributed by atoms with Crippen molar-refractivity contribution in [2.75, 3.05) is 26.2 Å². The predicted octanol–water partition coefficient (Wildman–Crippen LogP) is 6.34. The number of carbonyl (C=O) groups is 2. The van der Waals surface area contributed by atoms with Gasteiger partial charge in [0.05, 0.1) is 17.6 Å². The number of carbonyl (C=O) groups excluding carboxylic acids is 2. The summed E-state index contributed by atoms with van der Waals surface area (Å²) in [5, 5.41) is 0. The number of fused-ring (bicyclic) bond motifs is 3. The highest BCUT2D eigenvalue weighted by Gasteiger charge is 2.55. The molecule has 1 amide bonds. The third-order valence-corrected chi connectivity index (χ3v) is 11.6. The number of hydrogen-bond acceptors (Lipinski definition) is 5. The van der Waals surface area contributed by atoms with E-state index >= 15 is 0 Å². The summed E-state index contributed by atoms with van der Waals surface area (Å²) >= 11 is 0. The molecule has 0 N–H and O–H groups in total. The maximum Gasteiger partial charge on any atom is 0.321 e. The molecule has 0 spiro atoms. The molecule has 1 aromatic heterocycles. The average Bonchev–Trinajstić information content (AvgIpc) is 3.46. The Kier molecular flexibility index (Phi) is 7.76. The normalized spacial score (nSPS) is 26.0. The Morgan fingerprint density at radius 2 is 1.70 bits per heavy atom. The molecule has 7 nitrogen and oxygen atoms in total. The first-order valence-electron chi connectivity index (χ1n) is 16.8. The molecule has 2 bridgehead atoms. The summed E-state index contributed by atoms with van der Waals surface area (Å²) in [5.74, 6) is 0.454. The van der Waals surface area contributed by atoms with Crippen molar-refractivity contribution in [3.8, 4) is 0 Å². The molecule has 7 rings (SSSR count). The van der Waals surface area contributed by atoms with E-state index in [-0.39, 0.29) is 29.7 Å². The number of halogens is 1. The van der Waals surface area contributed by atoms with Gasteiger partial charge in [0.15, 0.2) is 0 Å². The van der Waals surface area contributed by atoms with Crippen LogP contribution in [0.3, 0.4) is 0 Å². The number of aromatic nitrogens is 2. The second kappa shape index (κ2) is 11.6. The second-order valence-electron chi connectivity index (χ2n) is 13.8. The maximum absolute atomic E-state index is 14.6. The Hall–Kier alpha value is -3.26. The van der Waals surface area contributed by atoms with Gasteiger partial charge < -0.3 is 14.2 Å². The number of esters is 1.